The van der Waals surface area contributed by atoms with E-state index in [1.807, 2.05) is 31.2 Å². The molecule has 0 fully saturated rings. The second-order valence-electron chi connectivity index (χ2n) is 4.06. The van der Waals surface area contributed by atoms with Crippen molar-refractivity contribution in [1.82, 2.24) is 15.5 Å². The highest BCUT2D eigenvalue weighted by Gasteiger charge is 2.08. The van der Waals surface area contributed by atoms with Gasteiger partial charge >= 0.3 is 0 Å². The fourth-order valence-corrected chi connectivity index (χ4v) is 1.70. The van der Waals surface area contributed by atoms with Gasteiger partial charge in [0, 0.05) is 18.5 Å². The number of aromatic nitrogens is 2. The summed E-state index contributed by atoms with van der Waals surface area (Å²) in [6.07, 6.45) is 0.748. The maximum absolute atomic E-state index is 5.61. The number of benzene rings is 1. The zero-order valence-corrected chi connectivity index (χ0v) is 11.3. The summed E-state index contributed by atoms with van der Waals surface area (Å²) >= 11 is 0. The maximum atomic E-state index is 5.61. The van der Waals surface area contributed by atoms with Gasteiger partial charge in [0.2, 0.25) is 11.8 Å². The standard InChI is InChI=1S/C14H19N3O2/c1-3-15-10-9-13-16-17-14(19-13)11-5-7-12(8-6-11)18-4-2/h5-8,15H,3-4,9-10H2,1-2H3. The number of hydrogen-bond acceptors (Lipinski definition) is 5. The van der Waals surface area contributed by atoms with Crippen LogP contribution in [0.1, 0.15) is 19.7 Å². The summed E-state index contributed by atoms with van der Waals surface area (Å²) in [6.45, 7) is 6.48. The van der Waals surface area contributed by atoms with E-state index in [0.29, 0.717) is 18.4 Å². The highest BCUT2D eigenvalue weighted by atomic mass is 16.5. The summed E-state index contributed by atoms with van der Waals surface area (Å²) in [5.41, 5.74) is 0.908. The van der Waals surface area contributed by atoms with Gasteiger partial charge in [-0.2, -0.15) is 0 Å². The van der Waals surface area contributed by atoms with Crippen LogP contribution in [-0.2, 0) is 6.42 Å². The zero-order valence-electron chi connectivity index (χ0n) is 11.3. The van der Waals surface area contributed by atoms with Crippen molar-refractivity contribution in [2.24, 2.45) is 0 Å². The second-order valence-corrected chi connectivity index (χ2v) is 4.06. The Labute approximate surface area is 113 Å². The van der Waals surface area contributed by atoms with Crippen LogP contribution in [0.4, 0.5) is 0 Å². The van der Waals surface area contributed by atoms with E-state index >= 15 is 0 Å². The molecule has 0 saturated carbocycles. The van der Waals surface area contributed by atoms with Gasteiger partial charge in [0.05, 0.1) is 6.61 Å². The number of likely N-dealkylation sites (N-methyl/N-ethyl adjacent to an activating group) is 1. The molecule has 0 radical (unpaired) electrons. The minimum Gasteiger partial charge on any atom is -0.494 e. The van der Waals surface area contributed by atoms with Crippen LogP contribution >= 0.6 is 0 Å². The number of ether oxygens (including phenoxy) is 1. The largest absolute Gasteiger partial charge is 0.494 e. The Morgan fingerprint density at radius 1 is 1.16 bits per heavy atom. The van der Waals surface area contributed by atoms with Crippen LogP contribution in [0, 0.1) is 0 Å². The molecule has 102 valence electrons. The Hall–Kier alpha value is -1.88. The zero-order chi connectivity index (χ0) is 13.5. The van der Waals surface area contributed by atoms with E-state index < -0.39 is 0 Å². The van der Waals surface area contributed by atoms with Crippen molar-refractivity contribution in [1.29, 1.82) is 0 Å². The van der Waals surface area contributed by atoms with Gasteiger partial charge < -0.3 is 14.5 Å². The normalized spacial score (nSPS) is 10.6. The number of hydrogen-bond donors (Lipinski definition) is 1. The summed E-state index contributed by atoms with van der Waals surface area (Å²) < 4.78 is 11.0. The third kappa shape index (κ3) is 3.79. The molecule has 0 bridgehead atoms. The van der Waals surface area contributed by atoms with Crippen molar-refractivity contribution in [2.45, 2.75) is 20.3 Å². The number of nitrogens with one attached hydrogen (secondary N) is 1. The van der Waals surface area contributed by atoms with E-state index in [-0.39, 0.29) is 0 Å². The van der Waals surface area contributed by atoms with Crippen molar-refractivity contribution in [3.05, 3.63) is 30.2 Å². The van der Waals surface area contributed by atoms with E-state index in [1.54, 1.807) is 0 Å². The van der Waals surface area contributed by atoms with Gasteiger partial charge in [0.15, 0.2) is 0 Å². The molecule has 0 amide bonds. The molecule has 0 spiro atoms. The molecule has 0 atom stereocenters. The van der Waals surface area contributed by atoms with Gasteiger partial charge in [-0.3, -0.25) is 0 Å². The molecule has 5 nitrogen and oxygen atoms in total. The molecule has 0 unspecified atom stereocenters. The third-order valence-electron chi connectivity index (χ3n) is 2.64. The summed E-state index contributed by atoms with van der Waals surface area (Å²) in [6, 6.07) is 7.65. The van der Waals surface area contributed by atoms with Crippen molar-refractivity contribution < 1.29 is 9.15 Å². The minimum absolute atomic E-state index is 0.551. The lowest BCUT2D eigenvalue weighted by Gasteiger charge is -2.02. The maximum Gasteiger partial charge on any atom is 0.247 e. The molecule has 1 N–H and O–H groups in total. The van der Waals surface area contributed by atoms with E-state index in [2.05, 4.69) is 22.4 Å². The Morgan fingerprint density at radius 2 is 1.95 bits per heavy atom. The minimum atomic E-state index is 0.551. The van der Waals surface area contributed by atoms with Crippen molar-refractivity contribution >= 4 is 0 Å². The Bertz CT molecular complexity index is 494. The SMILES string of the molecule is CCNCCc1nnc(-c2ccc(OCC)cc2)o1. The monoisotopic (exact) mass is 261 g/mol. The molecular formula is C14H19N3O2. The summed E-state index contributed by atoms with van der Waals surface area (Å²) in [7, 11) is 0. The Morgan fingerprint density at radius 3 is 2.63 bits per heavy atom. The van der Waals surface area contributed by atoms with Crippen LogP contribution in [0.15, 0.2) is 28.7 Å². The molecule has 1 heterocycles. The van der Waals surface area contributed by atoms with Gasteiger partial charge in [0.1, 0.15) is 5.75 Å². The third-order valence-corrected chi connectivity index (χ3v) is 2.64. The fourth-order valence-electron chi connectivity index (χ4n) is 1.70. The summed E-state index contributed by atoms with van der Waals surface area (Å²) in [5, 5.41) is 11.3. The average Bonchev–Trinajstić information content (AvgIpc) is 2.89. The molecule has 0 aliphatic heterocycles. The molecule has 2 rings (SSSR count). The molecule has 0 aliphatic carbocycles. The topological polar surface area (TPSA) is 60.2 Å². The van der Waals surface area contributed by atoms with Gasteiger partial charge in [-0.25, -0.2) is 0 Å². The molecule has 1 aromatic carbocycles. The van der Waals surface area contributed by atoms with Gasteiger partial charge in [-0.15, -0.1) is 10.2 Å². The molecule has 1 aromatic heterocycles. The Balaban J connectivity index is 2.01. The quantitative estimate of drug-likeness (QED) is 0.775. The van der Waals surface area contributed by atoms with Crippen LogP contribution in [0.25, 0.3) is 11.5 Å². The fraction of sp³-hybridized carbons (Fsp3) is 0.429. The lowest BCUT2D eigenvalue weighted by Crippen LogP contribution is -2.16. The number of rotatable bonds is 7. The first kappa shape index (κ1) is 13.5. The molecule has 0 aliphatic rings. The predicted molar refractivity (Wildman–Crippen MR) is 73.2 cm³/mol. The van der Waals surface area contributed by atoms with Crippen LogP contribution in [0.2, 0.25) is 0 Å². The first-order chi connectivity index (χ1) is 9.33. The van der Waals surface area contributed by atoms with Gasteiger partial charge in [0.25, 0.3) is 0 Å². The second kappa shape index (κ2) is 6.89. The van der Waals surface area contributed by atoms with Crippen molar-refractivity contribution in [3.63, 3.8) is 0 Å². The predicted octanol–water partition coefficient (Wildman–Crippen LogP) is 2.29. The smallest absolute Gasteiger partial charge is 0.247 e. The average molecular weight is 261 g/mol. The van der Waals surface area contributed by atoms with Crippen LogP contribution in [-0.4, -0.2) is 29.9 Å². The van der Waals surface area contributed by atoms with Crippen molar-refractivity contribution in [3.8, 4) is 17.2 Å². The summed E-state index contributed by atoms with van der Waals surface area (Å²) in [4.78, 5) is 0. The molecule has 2 aromatic rings. The highest BCUT2D eigenvalue weighted by molar-refractivity contribution is 5.53. The lowest BCUT2D eigenvalue weighted by atomic mass is 10.2. The lowest BCUT2D eigenvalue weighted by molar-refractivity contribution is 0.340. The number of nitrogens with zero attached hydrogens (tertiary/aromatic N) is 2. The molecule has 5 heteroatoms. The molecule has 19 heavy (non-hydrogen) atoms. The van der Waals surface area contributed by atoms with Crippen LogP contribution in [0.3, 0.4) is 0 Å². The molecular weight excluding hydrogens is 242 g/mol. The molecule has 0 saturated heterocycles. The summed E-state index contributed by atoms with van der Waals surface area (Å²) in [5.74, 6) is 2.05. The highest BCUT2D eigenvalue weighted by Crippen LogP contribution is 2.21. The van der Waals surface area contributed by atoms with E-state index in [1.165, 1.54) is 0 Å². The van der Waals surface area contributed by atoms with Gasteiger partial charge in [-0.1, -0.05) is 6.92 Å². The van der Waals surface area contributed by atoms with Crippen LogP contribution < -0.4 is 10.1 Å². The van der Waals surface area contributed by atoms with E-state index in [9.17, 15) is 0 Å². The first-order valence-corrected chi connectivity index (χ1v) is 6.59. The van der Waals surface area contributed by atoms with E-state index in [4.69, 9.17) is 9.15 Å². The van der Waals surface area contributed by atoms with Gasteiger partial charge in [-0.05, 0) is 37.7 Å². The Kier molecular flexibility index (Phi) is 4.92. The first-order valence-electron chi connectivity index (χ1n) is 6.59. The van der Waals surface area contributed by atoms with E-state index in [0.717, 1.165) is 30.8 Å². The van der Waals surface area contributed by atoms with Crippen molar-refractivity contribution in [2.75, 3.05) is 19.7 Å². The van der Waals surface area contributed by atoms with Crippen LogP contribution in [0.5, 0.6) is 5.75 Å².